The molecule has 0 saturated carbocycles. The molecule has 2 saturated heterocycles. The van der Waals surface area contributed by atoms with Crippen molar-refractivity contribution < 1.29 is 13.9 Å². The van der Waals surface area contributed by atoms with Gasteiger partial charge in [-0.1, -0.05) is 17.7 Å². The van der Waals surface area contributed by atoms with Gasteiger partial charge in [0.15, 0.2) is 0 Å². The molecule has 0 N–H and O–H groups in total. The summed E-state index contributed by atoms with van der Waals surface area (Å²) in [6.07, 6.45) is 3.97. The quantitative estimate of drug-likeness (QED) is 0.779. The lowest BCUT2D eigenvalue weighted by Crippen LogP contribution is -2.31. The molecule has 7 heteroatoms. The van der Waals surface area contributed by atoms with Crippen LogP contribution in [0.2, 0.25) is 5.02 Å². The van der Waals surface area contributed by atoms with E-state index >= 15 is 0 Å². The summed E-state index contributed by atoms with van der Waals surface area (Å²) in [4.78, 5) is 12.4. The summed E-state index contributed by atoms with van der Waals surface area (Å²) in [7, 11) is -3.28. The minimum atomic E-state index is -3.28. The van der Waals surface area contributed by atoms with E-state index in [0.29, 0.717) is 10.6 Å². The molecule has 2 fully saturated rings. The fourth-order valence-electron chi connectivity index (χ4n) is 2.98. The van der Waals surface area contributed by atoms with E-state index in [-0.39, 0.29) is 0 Å². The van der Waals surface area contributed by atoms with Crippen LogP contribution in [0.5, 0.6) is 0 Å². The molecule has 22 heavy (non-hydrogen) atoms. The monoisotopic (exact) mass is 342 g/mol. The van der Waals surface area contributed by atoms with Crippen LogP contribution < -0.4 is 0 Å². The molecule has 0 bridgehead atoms. The first-order valence-corrected chi connectivity index (χ1v) is 9.61. The van der Waals surface area contributed by atoms with Crippen molar-refractivity contribution in [3.8, 4) is 0 Å². The highest BCUT2D eigenvalue weighted by molar-refractivity contribution is 7.54. The second-order valence-corrected chi connectivity index (χ2v) is 8.43. The van der Waals surface area contributed by atoms with Crippen molar-refractivity contribution in [2.24, 2.45) is 0 Å². The number of nitrogens with zero attached hydrogens (tertiary/aromatic N) is 2. The predicted octanol–water partition coefficient (Wildman–Crippen LogP) is 3.80. The van der Waals surface area contributed by atoms with E-state index in [9.17, 15) is 9.36 Å². The molecule has 0 spiro atoms. The molecule has 2 aliphatic heterocycles. The molecular weight excluding hydrogens is 323 g/mol. The molecule has 0 aliphatic carbocycles. The van der Waals surface area contributed by atoms with Crippen molar-refractivity contribution in [1.82, 2.24) is 9.34 Å². The van der Waals surface area contributed by atoms with Crippen LogP contribution >= 0.6 is 19.3 Å². The highest BCUT2D eigenvalue weighted by atomic mass is 35.5. The Balaban J connectivity index is 1.83. The second-order valence-electron chi connectivity index (χ2n) is 5.70. The zero-order chi connectivity index (χ0) is 15.6. The summed E-state index contributed by atoms with van der Waals surface area (Å²) in [5.74, 6) is -0.565. The van der Waals surface area contributed by atoms with Gasteiger partial charge in [0.25, 0.3) is 0 Å². The summed E-state index contributed by atoms with van der Waals surface area (Å²) in [6, 6.07) is 6.56. The topological polar surface area (TPSA) is 49.9 Å². The first kappa shape index (κ1) is 16.0. The summed E-state index contributed by atoms with van der Waals surface area (Å²) >= 11 is 5.92. The highest BCUT2D eigenvalue weighted by Crippen LogP contribution is 2.57. The van der Waals surface area contributed by atoms with E-state index in [2.05, 4.69) is 0 Å². The molecule has 1 aromatic rings. The first-order valence-electron chi connectivity index (χ1n) is 7.70. The summed E-state index contributed by atoms with van der Waals surface area (Å²) in [5, 5.41) is 0.464. The number of hydrogen-bond acceptors (Lipinski definition) is 3. The van der Waals surface area contributed by atoms with Crippen molar-refractivity contribution in [3.63, 3.8) is 0 Å². The minimum Gasteiger partial charge on any atom is -0.385 e. The number of benzene rings is 1. The van der Waals surface area contributed by atoms with Crippen LogP contribution in [0.25, 0.3) is 0 Å². The maximum Gasteiger partial charge on any atom is 0.398 e. The second kappa shape index (κ2) is 6.71. The van der Waals surface area contributed by atoms with E-state index in [0.717, 1.165) is 51.9 Å². The normalized spacial score (nSPS) is 20.4. The van der Waals surface area contributed by atoms with E-state index < -0.39 is 13.6 Å². The minimum absolute atomic E-state index is 0.339. The van der Waals surface area contributed by atoms with Gasteiger partial charge in [-0.2, -0.15) is 0 Å². The molecule has 0 radical (unpaired) electrons. The van der Waals surface area contributed by atoms with Gasteiger partial charge in [-0.15, -0.1) is 0 Å². The van der Waals surface area contributed by atoms with Crippen molar-refractivity contribution in [2.45, 2.75) is 25.7 Å². The third-order valence-corrected chi connectivity index (χ3v) is 7.01. The zero-order valence-electron chi connectivity index (χ0n) is 12.4. The molecule has 0 aromatic heterocycles. The first-order chi connectivity index (χ1) is 10.6. The standard InChI is InChI=1S/C15H20ClN2O3P/c16-14-7-5-6-13(12-14)15(19)21-22(20,17-8-1-2-9-17)18-10-3-4-11-18/h5-7,12H,1-4,8-11H2. The average molecular weight is 343 g/mol. The smallest absolute Gasteiger partial charge is 0.385 e. The van der Waals surface area contributed by atoms with E-state index in [4.69, 9.17) is 16.1 Å². The number of rotatable bonds is 4. The van der Waals surface area contributed by atoms with Crippen LogP contribution in [0.15, 0.2) is 24.3 Å². The van der Waals surface area contributed by atoms with Crippen LogP contribution in [-0.4, -0.2) is 41.5 Å². The molecule has 2 aliphatic rings. The number of halogens is 1. The lowest BCUT2D eigenvalue weighted by Gasteiger charge is -2.32. The Morgan fingerprint density at radius 3 is 2.09 bits per heavy atom. The largest absolute Gasteiger partial charge is 0.398 e. The van der Waals surface area contributed by atoms with Gasteiger partial charge in [0.2, 0.25) is 0 Å². The summed E-state index contributed by atoms with van der Waals surface area (Å²) in [6.45, 7) is 2.88. The van der Waals surface area contributed by atoms with Gasteiger partial charge >= 0.3 is 13.6 Å². The Morgan fingerprint density at radius 2 is 1.59 bits per heavy atom. The fraction of sp³-hybridized carbons (Fsp3) is 0.533. The molecule has 0 unspecified atom stereocenters. The van der Waals surface area contributed by atoms with Crippen LogP contribution in [0, 0.1) is 0 Å². The Labute approximate surface area is 135 Å². The third kappa shape index (κ3) is 3.23. The van der Waals surface area contributed by atoms with Gasteiger partial charge in [0.05, 0.1) is 5.56 Å². The Morgan fingerprint density at radius 1 is 1.05 bits per heavy atom. The summed E-state index contributed by atoms with van der Waals surface area (Å²) < 4.78 is 22.7. The average Bonchev–Trinajstić information content (AvgIpc) is 3.21. The molecule has 3 rings (SSSR count). The molecule has 5 nitrogen and oxygen atoms in total. The van der Waals surface area contributed by atoms with Gasteiger partial charge in [-0.05, 0) is 43.9 Å². The van der Waals surface area contributed by atoms with E-state index in [1.807, 2.05) is 9.34 Å². The van der Waals surface area contributed by atoms with E-state index in [1.54, 1.807) is 24.3 Å². The molecular formula is C15H20ClN2O3P. The van der Waals surface area contributed by atoms with Gasteiger partial charge < -0.3 is 4.52 Å². The molecule has 1 aromatic carbocycles. The van der Waals surface area contributed by atoms with Crippen LogP contribution in [0.3, 0.4) is 0 Å². The fourth-order valence-corrected chi connectivity index (χ4v) is 5.65. The Bertz CT molecular complexity index is 578. The van der Waals surface area contributed by atoms with E-state index in [1.165, 1.54) is 0 Å². The Kier molecular flexibility index (Phi) is 4.88. The van der Waals surface area contributed by atoms with Crippen molar-refractivity contribution in [1.29, 1.82) is 0 Å². The van der Waals surface area contributed by atoms with Gasteiger partial charge in [0.1, 0.15) is 0 Å². The van der Waals surface area contributed by atoms with Gasteiger partial charge in [0, 0.05) is 31.2 Å². The highest BCUT2D eigenvalue weighted by Gasteiger charge is 2.44. The van der Waals surface area contributed by atoms with Crippen LogP contribution in [0.1, 0.15) is 36.0 Å². The van der Waals surface area contributed by atoms with Crippen LogP contribution in [-0.2, 0) is 9.09 Å². The zero-order valence-corrected chi connectivity index (χ0v) is 14.1. The van der Waals surface area contributed by atoms with Gasteiger partial charge in [-0.25, -0.2) is 18.7 Å². The van der Waals surface area contributed by atoms with Crippen molar-refractivity contribution in [3.05, 3.63) is 34.9 Å². The molecule has 0 atom stereocenters. The van der Waals surface area contributed by atoms with Crippen molar-refractivity contribution in [2.75, 3.05) is 26.2 Å². The molecule has 120 valence electrons. The van der Waals surface area contributed by atoms with Crippen LogP contribution in [0.4, 0.5) is 0 Å². The van der Waals surface area contributed by atoms with Gasteiger partial charge in [-0.3, -0.25) is 0 Å². The lowest BCUT2D eigenvalue weighted by molar-refractivity contribution is 0.0702. The molecule has 0 amide bonds. The maximum atomic E-state index is 13.5. The predicted molar refractivity (Wildman–Crippen MR) is 86.1 cm³/mol. The van der Waals surface area contributed by atoms with Crippen molar-refractivity contribution >= 4 is 25.2 Å². The maximum absolute atomic E-state index is 13.5. The Hall–Kier alpha value is -0.870. The number of carbonyl (C=O) groups excluding carboxylic acids is 1. The summed E-state index contributed by atoms with van der Waals surface area (Å²) in [5.41, 5.74) is 0.339. The SMILES string of the molecule is O=C(OP(=O)(N1CCCC1)N1CCCC1)c1cccc(Cl)c1. The number of hydrogen-bond donors (Lipinski definition) is 0. The molecule has 2 heterocycles. The lowest BCUT2D eigenvalue weighted by atomic mass is 10.2. The number of carbonyl (C=O) groups is 1. The third-order valence-electron chi connectivity index (χ3n) is 4.14.